The molecule has 1 aromatic carbocycles. The number of rotatable bonds is 4. The second kappa shape index (κ2) is 5.66. The van der Waals surface area contributed by atoms with Gasteiger partial charge in [0.05, 0.1) is 6.07 Å². The Morgan fingerprint density at radius 1 is 1.44 bits per heavy atom. The van der Waals surface area contributed by atoms with Crippen molar-refractivity contribution >= 4 is 5.91 Å². The molecule has 1 aromatic rings. The molecule has 4 nitrogen and oxygen atoms in total. The highest BCUT2D eigenvalue weighted by Gasteiger charge is 2.07. The summed E-state index contributed by atoms with van der Waals surface area (Å²) in [6.07, 6.45) is 0. The second-order valence-electron chi connectivity index (χ2n) is 2.74. The maximum Gasteiger partial charge on any atom is 0.387 e. The molecule has 1 amide bonds. The SMILES string of the molecule is N#CCNC(=O)c1ccc(OC(F)F)cc1. The minimum Gasteiger partial charge on any atom is -0.435 e. The van der Waals surface area contributed by atoms with Crippen LogP contribution in [0.5, 0.6) is 5.75 Å². The lowest BCUT2D eigenvalue weighted by Crippen LogP contribution is -2.23. The van der Waals surface area contributed by atoms with Gasteiger partial charge in [-0.2, -0.15) is 14.0 Å². The van der Waals surface area contributed by atoms with Gasteiger partial charge < -0.3 is 10.1 Å². The predicted molar refractivity (Wildman–Crippen MR) is 51.0 cm³/mol. The predicted octanol–water partition coefficient (Wildman–Crippen LogP) is 1.54. The number of amides is 1. The molecular weight excluding hydrogens is 218 g/mol. The van der Waals surface area contributed by atoms with Crippen LogP contribution in [0, 0.1) is 11.3 Å². The number of hydrogen-bond acceptors (Lipinski definition) is 3. The largest absolute Gasteiger partial charge is 0.435 e. The highest BCUT2D eigenvalue weighted by Crippen LogP contribution is 2.14. The lowest BCUT2D eigenvalue weighted by Gasteiger charge is -2.05. The van der Waals surface area contributed by atoms with Crippen LogP contribution < -0.4 is 10.1 Å². The van der Waals surface area contributed by atoms with Crippen molar-refractivity contribution in [3.8, 4) is 11.8 Å². The molecule has 0 aliphatic carbocycles. The number of nitrogens with one attached hydrogen (secondary N) is 1. The summed E-state index contributed by atoms with van der Waals surface area (Å²) in [6, 6.07) is 6.94. The van der Waals surface area contributed by atoms with E-state index in [1.165, 1.54) is 24.3 Å². The first kappa shape index (κ1) is 11.9. The Morgan fingerprint density at radius 3 is 2.56 bits per heavy atom. The Bertz CT molecular complexity index is 398. The van der Waals surface area contributed by atoms with Crippen LogP contribution in [0.25, 0.3) is 0 Å². The monoisotopic (exact) mass is 226 g/mol. The van der Waals surface area contributed by atoms with Crippen molar-refractivity contribution in [1.29, 1.82) is 5.26 Å². The van der Waals surface area contributed by atoms with E-state index in [4.69, 9.17) is 5.26 Å². The quantitative estimate of drug-likeness (QED) is 0.792. The van der Waals surface area contributed by atoms with Crippen LogP contribution in [0.4, 0.5) is 8.78 Å². The smallest absolute Gasteiger partial charge is 0.387 e. The fourth-order valence-electron chi connectivity index (χ4n) is 1.01. The molecule has 0 unspecified atom stereocenters. The van der Waals surface area contributed by atoms with Crippen molar-refractivity contribution in [1.82, 2.24) is 5.32 Å². The van der Waals surface area contributed by atoms with Crippen LogP contribution in [0.2, 0.25) is 0 Å². The number of carbonyl (C=O) groups excluding carboxylic acids is 1. The average Bonchev–Trinajstić information content (AvgIpc) is 2.26. The number of carbonyl (C=O) groups is 1. The molecule has 0 heterocycles. The van der Waals surface area contributed by atoms with Gasteiger partial charge >= 0.3 is 6.61 Å². The maximum absolute atomic E-state index is 11.8. The fraction of sp³-hybridized carbons (Fsp3) is 0.200. The highest BCUT2D eigenvalue weighted by atomic mass is 19.3. The molecule has 16 heavy (non-hydrogen) atoms. The molecular formula is C10H8F2N2O2. The van der Waals surface area contributed by atoms with Crippen molar-refractivity contribution < 1.29 is 18.3 Å². The lowest BCUT2D eigenvalue weighted by molar-refractivity contribution is -0.0498. The van der Waals surface area contributed by atoms with Gasteiger partial charge in [-0.3, -0.25) is 4.79 Å². The first-order valence-corrected chi connectivity index (χ1v) is 4.33. The summed E-state index contributed by atoms with van der Waals surface area (Å²) in [6.45, 7) is -2.99. The van der Waals surface area contributed by atoms with E-state index in [9.17, 15) is 13.6 Å². The Labute approximate surface area is 90.4 Å². The molecule has 0 aliphatic rings. The van der Waals surface area contributed by atoms with Crippen molar-refractivity contribution in [2.45, 2.75) is 6.61 Å². The normalized spacial score (nSPS) is 9.62. The number of benzene rings is 1. The van der Waals surface area contributed by atoms with Gasteiger partial charge in [0.1, 0.15) is 12.3 Å². The third-order valence-electron chi connectivity index (χ3n) is 1.67. The zero-order valence-corrected chi connectivity index (χ0v) is 8.11. The van der Waals surface area contributed by atoms with Crippen molar-refractivity contribution in [2.75, 3.05) is 6.54 Å². The highest BCUT2D eigenvalue weighted by molar-refractivity contribution is 5.94. The number of ether oxygens (including phenoxy) is 1. The first-order valence-electron chi connectivity index (χ1n) is 4.33. The molecule has 0 atom stereocenters. The van der Waals surface area contributed by atoms with E-state index in [2.05, 4.69) is 10.1 Å². The summed E-state index contributed by atoms with van der Waals surface area (Å²) < 4.78 is 27.7. The fourth-order valence-corrected chi connectivity index (χ4v) is 1.01. The molecule has 1 N–H and O–H groups in total. The zero-order chi connectivity index (χ0) is 12.0. The first-order chi connectivity index (χ1) is 7.63. The standard InChI is InChI=1S/C10H8F2N2O2/c11-10(12)16-8-3-1-7(2-4-8)9(15)14-6-5-13/h1-4,10H,6H2,(H,14,15). The molecule has 0 aliphatic heterocycles. The van der Waals surface area contributed by atoms with Crippen LogP contribution in [0.15, 0.2) is 24.3 Å². The second-order valence-corrected chi connectivity index (χ2v) is 2.74. The van der Waals surface area contributed by atoms with Crippen molar-refractivity contribution in [3.63, 3.8) is 0 Å². The number of hydrogen-bond donors (Lipinski definition) is 1. The molecule has 0 saturated heterocycles. The molecule has 0 fully saturated rings. The van der Waals surface area contributed by atoms with Crippen LogP contribution in [-0.4, -0.2) is 19.1 Å². The van der Waals surface area contributed by atoms with Gasteiger partial charge in [-0.15, -0.1) is 0 Å². The van der Waals surface area contributed by atoms with E-state index in [0.29, 0.717) is 0 Å². The third-order valence-corrected chi connectivity index (χ3v) is 1.67. The van der Waals surface area contributed by atoms with Gasteiger partial charge in [0.2, 0.25) is 0 Å². The number of nitriles is 1. The van der Waals surface area contributed by atoms with E-state index < -0.39 is 12.5 Å². The Morgan fingerprint density at radius 2 is 2.06 bits per heavy atom. The third kappa shape index (κ3) is 3.53. The van der Waals surface area contributed by atoms with Crippen LogP contribution in [-0.2, 0) is 0 Å². The Balaban J connectivity index is 2.64. The van der Waals surface area contributed by atoms with Gasteiger partial charge in [0.15, 0.2) is 0 Å². The summed E-state index contributed by atoms with van der Waals surface area (Å²) in [4.78, 5) is 11.3. The number of nitrogens with zero attached hydrogens (tertiary/aromatic N) is 1. The maximum atomic E-state index is 11.8. The molecule has 0 bridgehead atoms. The summed E-state index contributed by atoms with van der Waals surface area (Å²) in [5.74, 6) is -0.461. The van der Waals surface area contributed by atoms with E-state index in [0.717, 1.165) is 0 Å². The Hall–Kier alpha value is -2.16. The number of halogens is 2. The topological polar surface area (TPSA) is 62.1 Å². The minimum atomic E-state index is -2.89. The van der Waals surface area contributed by atoms with Gasteiger partial charge in [-0.25, -0.2) is 0 Å². The van der Waals surface area contributed by atoms with Gasteiger partial charge in [-0.05, 0) is 24.3 Å². The van der Waals surface area contributed by atoms with Crippen molar-refractivity contribution in [3.05, 3.63) is 29.8 Å². The zero-order valence-electron chi connectivity index (χ0n) is 8.11. The summed E-state index contributed by atoms with van der Waals surface area (Å²) in [7, 11) is 0. The van der Waals surface area contributed by atoms with E-state index in [1.54, 1.807) is 6.07 Å². The van der Waals surface area contributed by atoms with E-state index >= 15 is 0 Å². The minimum absolute atomic E-state index is 0.0215. The molecule has 0 spiro atoms. The van der Waals surface area contributed by atoms with E-state index in [1.807, 2.05) is 0 Å². The molecule has 6 heteroatoms. The molecule has 0 saturated carbocycles. The van der Waals surface area contributed by atoms with Gasteiger partial charge in [0.25, 0.3) is 5.91 Å². The lowest BCUT2D eigenvalue weighted by atomic mass is 10.2. The molecule has 1 rings (SSSR count). The van der Waals surface area contributed by atoms with Crippen molar-refractivity contribution in [2.24, 2.45) is 0 Å². The average molecular weight is 226 g/mol. The Kier molecular flexibility index (Phi) is 4.21. The van der Waals surface area contributed by atoms with Crippen LogP contribution >= 0.6 is 0 Å². The van der Waals surface area contributed by atoms with Crippen LogP contribution in [0.1, 0.15) is 10.4 Å². The molecule has 0 aromatic heterocycles. The van der Waals surface area contributed by atoms with Crippen LogP contribution in [0.3, 0.4) is 0 Å². The van der Waals surface area contributed by atoms with E-state index in [-0.39, 0.29) is 17.9 Å². The molecule has 0 radical (unpaired) electrons. The summed E-state index contributed by atoms with van der Waals surface area (Å²) >= 11 is 0. The molecule has 84 valence electrons. The number of alkyl halides is 2. The summed E-state index contributed by atoms with van der Waals surface area (Å²) in [5.41, 5.74) is 0.275. The van der Waals surface area contributed by atoms with Gasteiger partial charge in [-0.1, -0.05) is 0 Å². The van der Waals surface area contributed by atoms with Gasteiger partial charge in [0, 0.05) is 5.56 Å². The summed E-state index contributed by atoms with van der Waals surface area (Å²) in [5, 5.41) is 10.6.